The number of rotatable bonds is 5. The van der Waals surface area contributed by atoms with E-state index in [-0.39, 0.29) is 33.0 Å². The molecule has 1 aromatic heterocycles. The molecule has 0 amide bonds. The molecule has 28 heavy (non-hydrogen) atoms. The highest BCUT2D eigenvalue weighted by Gasteiger charge is 2.22. The Bertz CT molecular complexity index is 1200. The molecule has 142 valence electrons. The van der Waals surface area contributed by atoms with Crippen LogP contribution in [0.3, 0.4) is 0 Å². The highest BCUT2D eigenvalue weighted by molar-refractivity contribution is 6.31. The van der Waals surface area contributed by atoms with E-state index in [9.17, 15) is 29.8 Å². The molecule has 10 nitrogen and oxygen atoms in total. The number of hydrogen-bond acceptors (Lipinski definition) is 7. The third kappa shape index (κ3) is 3.40. The van der Waals surface area contributed by atoms with Gasteiger partial charge < -0.3 is 10.3 Å². The van der Waals surface area contributed by atoms with E-state index in [2.05, 4.69) is 10.3 Å². The van der Waals surface area contributed by atoms with Crippen molar-refractivity contribution < 1.29 is 14.6 Å². The molecule has 0 saturated carbocycles. The number of pyridine rings is 1. The Balaban J connectivity index is 2.24. The Kier molecular flexibility index (Phi) is 4.80. The van der Waals surface area contributed by atoms with Crippen molar-refractivity contribution in [1.82, 2.24) is 4.98 Å². The number of benzene rings is 2. The first-order chi connectivity index (χ1) is 13.2. The molecule has 3 aromatic rings. The van der Waals surface area contributed by atoms with E-state index in [1.165, 1.54) is 37.3 Å². The number of fused-ring (bicyclic) bond motifs is 1. The summed E-state index contributed by atoms with van der Waals surface area (Å²) in [7, 11) is 0. The molecule has 3 rings (SSSR count). The first kappa shape index (κ1) is 19.0. The van der Waals surface area contributed by atoms with Crippen molar-refractivity contribution in [3.63, 3.8) is 0 Å². The van der Waals surface area contributed by atoms with Crippen molar-refractivity contribution in [2.75, 3.05) is 5.32 Å². The molecule has 0 atom stereocenters. The third-order valence-electron chi connectivity index (χ3n) is 3.95. The number of carbonyl (C=O) groups is 1. The van der Waals surface area contributed by atoms with Gasteiger partial charge in [0.15, 0.2) is 5.78 Å². The van der Waals surface area contributed by atoms with E-state index in [1.54, 1.807) is 0 Å². The minimum atomic E-state index is -0.726. The highest BCUT2D eigenvalue weighted by Crippen LogP contribution is 2.30. The summed E-state index contributed by atoms with van der Waals surface area (Å²) in [6, 6.07) is 7.55. The average molecular weight is 403 g/mol. The van der Waals surface area contributed by atoms with Crippen LogP contribution in [0.1, 0.15) is 17.3 Å². The quantitative estimate of drug-likeness (QED) is 0.373. The van der Waals surface area contributed by atoms with E-state index in [1.807, 2.05) is 0 Å². The van der Waals surface area contributed by atoms with Gasteiger partial charge in [-0.2, -0.15) is 0 Å². The molecule has 0 spiro atoms. The largest absolute Gasteiger partial charge is 0.341 e. The van der Waals surface area contributed by atoms with Crippen LogP contribution in [-0.4, -0.2) is 20.6 Å². The van der Waals surface area contributed by atoms with Gasteiger partial charge in [0, 0.05) is 28.9 Å². The van der Waals surface area contributed by atoms with Crippen LogP contribution in [0.15, 0.2) is 41.2 Å². The van der Waals surface area contributed by atoms with Crippen molar-refractivity contribution in [1.29, 1.82) is 0 Å². The number of halogens is 1. The Hall–Kier alpha value is -3.79. The van der Waals surface area contributed by atoms with Gasteiger partial charge in [-0.15, -0.1) is 0 Å². The van der Waals surface area contributed by atoms with Gasteiger partial charge in [-0.05, 0) is 25.1 Å². The highest BCUT2D eigenvalue weighted by atomic mass is 35.5. The molecule has 2 aromatic carbocycles. The fourth-order valence-corrected chi connectivity index (χ4v) is 2.94. The van der Waals surface area contributed by atoms with E-state index >= 15 is 0 Å². The van der Waals surface area contributed by atoms with Crippen LogP contribution in [0.4, 0.5) is 22.9 Å². The van der Waals surface area contributed by atoms with Crippen LogP contribution < -0.4 is 10.7 Å². The molecular formula is C17H11ClN4O6. The fraction of sp³-hybridized carbons (Fsp3) is 0.0588. The number of carbonyl (C=O) groups excluding carboxylic acids is 1. The molecule has 0 unspecified atom stereocenters. The maximum absolute atomic E-state index is 12.8. The second-order valence-electron chi connectivity index (χ2n) is 5.79. The molecule has 0 saturated heterocycles. The van der Waals surface area contributed by atoms with Crippen LogP contribution in [0.2, 0.25) is 5.02 Å². The van der Waals surface area contributed by atoms with Crippen molar-refractivity contribution in [2.45, 2.75) is 6.92 Å². The first-order valence-electron chi connectivity index (χ1n) is 7.75. The van der Waals surface area contributed by atoms with E-state index < -0.39 is 26.7 Å². The molecular weight excluding hydrogens is 392 g/mol. The van der Waals surface area contributed by atoms with Gasteiger partial charge in [-0.1, -0.05) is 11.6 Å². The number of aromatic nitrogens is 1. The maximum atomic E-state index is 12.8. The number of nitro groups is 2. The van der Waals surface area contributed by atoms with Crippen LogP contribution in [0, 0.1) is 20.2 Å². The molecule has 2 N–H and O–H groups in total. The minimum absolute atomic E-state index is 0.0183. The van der Waals surface area contributed by atoms with Gasteiger partial charge in [0.1, 0.15) is 16.9 Å². The van der Waals surface area contributed by atoms with Crippen molar-refractivity contribution in [2.24, 2.45) is 0 Å². The van der Waals surface area contributed by atoms with Gasteiger partial charge in [0.2, 0.25) is 5.43 Å². The zero-order valence-corrected chi connectivity index (χ0v) is 14.9. The molecule has 0 aliphatic rings. The first-order valence-corrected chi connectivity index (χ1v) is 8.13. The minimum Gasteiger partial charge on any atom is -0.341 e. The summed E-state index contributed by atoms with van der Waals surface area (Å²) in [5, 5.41) is 24.8. The number of non-ortho nitro benzene ring substituents is 2. The zero-order chi connectivity index (χ0) is 20.6. The van der Waals surface area contributed by atoms with Crippen LogP contribution in [-0.2, 0) is 0 Å². The summed E-state index contributed by atoms with van der Waals surface area (Å²) in [5.41, 5.74) is -1.32. The number of anilines is 2. The van der Waals surface area contributed by atoms with Gasteiger partial charge in [-0.3, -0.25) is 29.8 Å². The van der Waals surface area contributed by atoms with E-state index in [0.717, 1.165) is 6.07 Å². The lowest BCUT2D eigenvalue weighted by Gasteiger charge is -2.12. The second-order valence-corrected chi connectivity index (χ2v) is 6.23. The van der Waals surface area contributed by atoms with Crippen molar-refractivity contribution in [3.8, 4) is 0 Å². The SMILES string of the molecule is CC(=O)c1c(Nc2ccc([N+](=O)[O-])cc2)[nH]c2c([N+](=O)[O-])cc(Cl)cc2c1=O. The lowest BCUT2D eigenvalue weighted by Crippen LogP contribution is -2.18. The monoisotopic (exact) mass is 402 g/mol. The summed E-state index contributed by atoms with van der Waals surface area (Å²) in [5.74, 6) is -0.639. The van der Waals surface area contributed by atoms with Gasteiger partial charge in [-0.25, -0.2) is 0 Å². The maximum Gasteiger partial charge on any atom is 0.294 e. The van der Waals surface area contributed by atoms with E-state index in [0.29, 0.717) is 5.69 Å². The van der Waals surface area contributed by atoms with Crippen LogP contribution in [0.5, 0.6) is 0 Å². The number of Topliss-reactive ketones (excluding diaryl/α,β-unsaturated/α-hetero) is 1. The summed E-state index contributed by atoms with van der Waals surface area (Å²) in [6.07, 6.45) is 0. The topological polar surface area (TPSA) is 148 Å². The number of hydrogen-bond donors (Lipinski definition) is 2. The number of aromatic amines is 1. The smallest absolute Gasteiger partial charge is 0.294 e. The normalized spacial score (nSPS) is 10.6. The van der Waals surface area contributed by atoms with Gasteiger partial charge >= 0.3 is 0 Å². The van der Waals surface area contributed by atoms with E-state index in [4.69, 9.17) is 11.6 Å². The second kappa shape index (κ2) is 7.08. The number of H-pyrrole nitrogens is 1. The predicted octanol–water partition coefficient (Wildman–Crippen LogP) is 3.94. The average Bonchev–Trinajstić information content (AvgIpc) is 2.62. The standard InChI is InChI=1S/C17H11ClN4O6/c1-8(23)14-16(24)12-6-9(18)7-13(22(27)28)15(12)20-17(14)19-10-2-4-11(5-3-10)21(25)26/h2-7H,1H3,(H2,19,20,24). The summed E-state index contributed by atoms with van der Waals surface area (Å²) in [4.78, 5) is 48.4. The van der Waals surface area contributed by atoms with Gasteiger partial charge in [0.25, 0.3) is 11.4 Å². The molecule has 0 fully saturated rings. The zero-order valence-electron chi connectivity index (χ0n) is 14.2. The third-order valence-corrected chi connectivity index (χ3v) is 4.17. The molecule has 0 bridgehead atoms. The summed E-state index contributed by atoms with van der Waals surface area (Å²) < 4.78 is 0. The van der Waals surface area contributed by atoms with Crippen LogP contribution in [0.25, 0.3) is 10.9 Å². The number of nitrogens with zero attached hydrogens (tertiary/aromatic N) is 2. The van der Waals surface area contributed by atoms with Crippen LogP contribution >= 0.6 is 11.6 Å². The summed E-state index contributed by atoms with van der Waals surface area (Å²) in [6.45, 7) is 1.18. The molecule has 0 aliphatic heterocycles. The lowest BCUT2D eigenvalue weighted by molar-refractivity contribution is -0.384. The Labute approximate surface area is 161 Å². The van der Waals surface area contributed by atoms with Gasteiger partial charge in [0.05, 0.1) is 15.2 Å². The predicted molar refractivity (Wildman–Crippen MR) is 103 cm³/mol. The lowest BCUT2D eigenvalue weighted by atomic mass is 10.1. The number of nitro benzene ring substituents is 2. The van der Waals surface area contributed by atoms with Crippen molar-refractivity contribution >= 4 is 51.2 Å². The Morgan fingerprint density at radius 1 is 1.11 bits per heavy atom. The molecule has 1 heterocycles. The molecule has 11 heteroatoms. The summed E-state index contributed by atoms with van der Waals surface area (Å²) >= 11 is 5.87. The fourth-order valence-electron chi connectivity index (χ4n) is 2.72. The number of ketones is 1. The Morgan fingerprint density at radius 3 is 2.29 bits per heavy atom. The molecule has 0 aliphatic carbocycles. The Morgan fingerprint density at radius 2 is 1.75 bits per heavy atom. The molecule has 0 radical (unpaired) electrons. The van der Waals surface area contributed by atoms with Crippen molar-refractivity contribution in [3.05, 3.63) is 77.4 Å². The number of nitrogens with one attached hydrogen (secondary N) is 2.